The van der Waals surface area contributed by atoms with Crippen molar-refractivity contribution in [3.8, 4) is 0 Å². The Morgan fingerprint density at radius 3 is 2.41 bits per heavy atom. The zero-order valence-corrected chi connectivity index (χ0v) is 18.8. The van der Waals surface area contributed by atoms with Gasteiger partial charge in [-0.1, -0.05) is 34.1 Å². The van der Waals surface area contributed by atoms with E-state index in [2.05, 4.69) is 27.7 Å². The molecule has 0 aliphatic heterocycles. The van der Waals surface area contributed by atoms with Crippen molar-refractivity contribution in [3.05, 3.63) is 11.6 Å². The molecule has 5 atom stereocenters. The lowest BCUT2D eigenvalue weighted by Crippen LogP contribution is -2.56. The van der Waals surface area contributed by atoms with Crippen molar-refractivity contribution >= 4 is 17.7 Å². The molecule has 0 heterocycles. The van der Waals surface area contributed by atoms with Crippen molar-refractivity contribution in [3.63, 3.8) is 0 Å². The van der Waals surface area contributed by atoms with E-state index < -0.39 is 5.60 Å². The van der Waals surface area contributed by atoms with Crippen molar-refractivity contribution in [2.75, 3.05) is 6.61 Å². The largest absolute Gasteiger partial charge is 0.465 e. The molecule has 0 N–H and O–H groups in total. The zero-order valence-electron chi connectivity index (χ0n) is 18.8. The molecular formula is C24H36O5. The predicted octanol–water partition coefficient (Wildman–Crippen LogP) is 4.63. The first-order chi connectivity index (χ1) is 13.4. The Morgan fingerprint density at radius 1 is 1.14 bits per heavy atom. The van der Waals surface area contributed by atoms with Gasteiger partial charge >= 0.3 is 11.9 Å². The fraction of sp³-hybridized carbons (Fsp3) is 0.792. The van der Waals surface area contributed by atoms with E-state index in [0.717, 1.165) is 37.7 Å². The van der Waals surface area contributed by atoms with E-state index >= 15 is 0 Å². The van der Waals surface area contributed by atoms with Gasteiger partial charge in [0.25, 0.3) is 0 Å². The number of carbonyl (C=O) groups is 3. The van der Waals surface area contributed by atoms with Crippen LogP contribution in [0.4, 0.5) is 0 Å². The van der Waals surface area contributed by atoms with Gasteiger partial charge in [0, 0.05) is 25.7 Å². The Hall–Kier alpha value is -1.65. The van der Waals surface area contributed by atoms with Crippen LogP contribution in [0.2, 0.25) is 0 Å². The summed E-state index contributed by atoms with van der Waals surface area (Å²) in [7, 11) is 0. The number of carbonyl (C=O) groups excluding carboxylic acids is 3. The summed E-state index contributed by atoms with van der Waals surface area (Å²) >= 11 is 0. The Labute approximate surface area is 174 Å². The molecule has 0 unspecified atom stereocenters. The maximum Gasteiger partial charge on any atom is 0.303 e. The zero-order chi connectivity index (χ0) is 21.6. The molecular weight excluding hydrogens is 368 g/mol. The van der Waals surface area contributed by atoms with E-state index in [4.69, 9.17) is 9.47 Å². The van der Waals surface area contributed by atoms with Crippen molar-refractivity contribution in [1.82, 2.24) is 0 Å². The number of Topliss-reactive ketones (excluding diaryl/α,β-unsaturated/α-hetero) is 1. The van der Waals surface area contributed by atoms with Gasteiger partial charge in [-0.05, 0) is 60.5 Å². The third kappa shape index (κ3) is 3.77. The van der Waals surface area contributed by atoms with E-state index in [1.807, 2.05) is 6.08 Å². The number of hydrogen-bond donors (Lipinski definition) is 0. The SMILES string of the molecule is CC(=O)OC[C@]1(C)CCC[C@]2(C)[C@H]3CC[C@](OC(C)=O)(C(C)C)C=C3C(=O)C[C@@H]12. The molecule has 162 valence electrons. The topological polar surface area (TPSA) is 69.7 Å². The lowest BCUT2D eigenvalue weighted by molar-refractivity contribution is -0.163. The second-order valence-electron chi connectivity index (χ2n) is 10.4. The van der Waals surface area contributed by atoms with Crippen LogP contribution in [0.15, 0.2) is 11.6 Å². The fourth-order valence-corrected chi connectivity index (χ4v) is 6.50. The molecule has 5 nitrogen and oxygen atoms in total. The van der Waals surface area contributed by atoms with Crippen LogP contribution in [0.1, 0.15) is 80.1 Å². The van der Waals surface area contributed by atoms with Crippen molar-refractivity contribution in [2.24, 2.45) is 28.6 Å². The minimum atomic E-state index is -0.688. The van der Waals surface area contributed by atoms with Crippen LogP contribution in [0.25, 0.3) is 0 Å². The molecule has 0 radical (unpaired) electrons. The average molecular weight is 405 g/mol. The average Bonchev–Trinajstić information content (AvgIpc) is 2.62. The first-order valence-corrected chi connectivity index (χ1v) is 11.0. The summed E-state index contributed by atoms with van der Waals surface area (Å²) in [5.74, 6) is 0.0881. The molecule has 0 bridgehead atoms. The van der Waals surface area contributed by atoms with Crippen molar-refractivity contribution in [2.45, 2.75) is 85.7 Å². The van der Waals surface area contributed by atoms with E-state index in [1.54, 1.807) is 0 Å². The smallest absolute Gasteiger partial charge is 0.303 e. The minimum Gasteiger partial charge on any atom is -0.465 e. The molecule has 0 spiro atoms. The molecule has 3 rings (SSSR count). The number of ketones is 1. The van der Waals surface area contributed by atoms with Crippen LogP contribution < -0.4 is 0 Å². The highest BCUT2D eigenvalue weighted by Gasteiger charge is 2.59. The van der Waals surface area contributed by atoms with Crippen molar-refractivity contribution in [1.29, 1.82) is 0 Å². The summed E-state index contributed by atoms with van der Waals surface area (Å²) < 4.78 is 11.2. The van der Waals surface area contributed by atoms with Crippen LogP contribution in [0, 0.1) is 28.6 Å². The van der Waals surface area contributed by atoms with E-state index in [-0.39, 0.29) is 46.3 Å². The van der Waals surface area contributed by atoms with Crippen LogP contribution in [0.5, 0.6) is 0 Å². The molecule has 0 saturated heterocycles. The lowest BCUT2D eigenvalue weighted by Gasteiger charge is -2.59. The summed E-state index contributed by atoms with van der Waals surface area (Å²) in [6, 6.07) is 0. The van der Waals surface area contributed by atoms with E-state index in [9.17, 15) is 14.4 Å². The number of hydrogen-bond acceptors (Lipinski definition) is 5. The Kier molecular flexibility index (Phi) is 5.74. The van der Waals surface area contributed by atoms with Gasteiger partial charge in [-0.2, -0.15) is 0 Å². The van der Waals surface area contributed by atoms with Gasteiger partial charge < -0.3 is 9.47 Å². The summed E-state index contributed by atoms with van der Waals surface area (Å²) in [5, 5.41) is 0. The third-order valence-corrected chi connectivity index (χ3v) is 8.12. The number of ether oxygens (including phenoxy) is 2. The molecule has 2 saturated carbocycles. The standard InChI is InChI=1S/C24H36O5/c1-15(2)24(29-17(4)26)11-8-19-18(13-24)20(27)12-21-22(5,14-28-16(3)25)9-7-10-23(19,21)6/h13,15,19,21H,7-12,14H2,1-6H3/t19-,21-,22-,23+,24+/m0/s1. The number of esters is 2. The predicted molar refractivity (Wildman–Crippen MR) is 110 cm³/mol. The molecule has 0 aromatic heterocycles. The summed E-state index contributed by atoms with van der Waals surface area (Å²) in [6.07, 6.45) is 7.18. The monoisotopic (exact) mass is 404 g/mol. The molecule has 3 aliphatic rings. The van der Waals surface area contributed by atoms with Gasteiger partial charge in [0.1, 0.15) is 5.60 Å². The highest BCUT2D eigenvalue weighted by molar-refractivity contribution is 5.97. The van der Waals surface area contributed by atoms with Gasteiger partial charge in [-0.15, -0.1) is 0 Å². The second-order valence-corrected chi connectivity index (χ2v) is 10.4. The highest BCUT2D eigenvalue weighted by Crippen LogP contribution is 2.63. The quantitative estimate of drug-likeness (QED) is 0.639. The maximum absolute atomic E-state index is 13.3. The Balaban J connectivity index is 1.98. The van der Waals surface area contributed by atoms with E-state index in [0.29, 0.717) is 13.0 Å². The minimum absolute atomic E-state index is 0.00768. The number of allylic oxidation sites excluding steroid dienone is 1. The van der Waals surface area contributed by atoms with Crippen LogP contribution in [-0.2, 0) is 23.9 Å². The first kappa shape index (κ1) is 22.0. The van der Waals surface area contributed by atoms with Crippen LogP contribution in [0.3, 0.4) is 0 Å². The maximum atomic E-state index is 13.3. The summed E-state index contributed by atoms with van der Waals surface area (Å²) in [4.78, 5) is 36.6. The van der Waals surface area contributed by atoms with Gasteiger partial charge in [0.05, 0.1) is 6.61 Å². The van der Waals surface area contributed by atoms with Gasteiger partial charge in [-0.3, -0.25) is 14.4 Å². The lowest BCUT2D eigenvalue weighted by atomic mass is 9.45. The van der Waals surface area contributed by atoms with Crippen LogP contribution >= 0.6 is 0 Å². The van der Waals surface area contributed by atoms with Gasteiger partial charge in [-0.25, -0.2) is 0 Å². The molecule has 0 amide bonds. The molecule has 5 heteroatoms. The summed E-state index contributed by atoms with van der Waals surface area (Å²) in [5.41, 5.74) is -0.0115. The number of fused-ring (bicyclic) bond motifs is 3. The fourth-order valence-electron chi connectivity index (χ4n) is 6.50. The molecule has 0 aromatic carbocycles. The molecule has 3 aliphatic carbocycles. The van der Waals surface area contributed by atoms with Gasteiger partial charge in [0.2, 0.25) is 0 Å². The Bertz CT molecular complexity index is 738. The molecule has 29 heavy (non-hydrogen) atoms. The third-order valence-electron chi connectivity index (χ3n) is 8.12. The van der Waals surface area contributed by atoms with Crippen molar-refractivity contribution < 1.29 is 23.9 Å². The summed E-state index contributed by atoms with van der Waals surface area (Å²) in [6.45, 7) is 11.9. The molecule has 0 aromatic rings. The van der Waals surface area contributed by atoms with E-state index in [1.165, 1.54) is 13.8 Å². The first-order valence-electron chi connectivity index (χ1n) is 11.0. The molecule has 2 fully saturated rings. The van der Waals surface area contributed by atoms with Crippen LogP contribution in [-0.4, -0.2) is 29.9 Å². The number of rotatable bonds is 4. The highest BCUT2D eigenvalue weighted by atomic mass is 16.6. The normalized spacial score (nSPS) is 39.3. The second kappa shape index (κ2) is 7.55. The Morgan fingerprint density at radius 2 is 1.83 bits per heavy atom. The van der Waals surface area contributed by atoms with Gasteiger partial charge in [0.15, 0.2) is 5.78 Å².